The van der Waals surface area contributed by atoms with Crippen LogP contribution in [0.4, 0.5) is 13.6 Å². The van der Waals surface area contributed by atoms with Crippen LogP contribution in [0.3, 0.4) is 0 Å². The van der Waals surface area contributed by atoms with Gasteiger partial charge < -0.3 is 15.1 Å². The largest absolute Gasteiger partial charge is 0.347 e. The molecule has 2 spiro atoms. The molecular formula is C21H26F2N4O2. The summed E-state index contributed by atoms with van der Waals surface area (Å²) in [6, 6.07) is 0.987. The number of hydrogen-bond donors (Lipinski definition) is 1. The number of carbonyl (C=O) groups is 2. The van der Waals surface area contributed by atoms with E-state index in [-0.39, 0.29) is 22.9 Å². The molecule has 0 radical (unpaired) electrons. The van der Waals surface area contributed by atoms with Crippen molar-refractivity contribution in [3.05, 3.63) is 29.6 Å². The first-order valence-electron chi connectivity index (χ1n) is 10.5. The van der Waals surface area contributed by atoms with Crippen molar-refractivity contribution >= 4 is 11.9 Å². The number of amides is 3. The molecule has 5 rings (SSSR count). The Morgan fingerprint density at radius 1 is 1.14 bits per heavy atom. The van der Waals surface area contributed by atoms with Gasteiger partial charge in [-0.25, -0.2) is 13.6 Å². The van der Waals surface area contributed by atoms with Gasteiger partial charge in [-0.3, -0.25) is 9.78 Å². The molecular weight excluding hydrogens is 378 g/mol. The third kappa shape index (κ3) is 3.36. The molecule has 1 saturated carbocycles. The smallest absolute Gasteiger partial charge is 0.320 e. The minimum Gasteiger partial charge on any atom is -0.347 e. The number of pyridine rings is 1. The molecule has 3 aliphatic heterocycles. The minimum atomic E-state index is -0.642. The van der Waals surface area contributed by atoms with Crippen LogP contribution in [0.5, 0.6) is 0 Å². The zero-order valence-corrected chi connectivity index (χ0v) is 16.4. The Labute approximate surface area is 168 Å². The number of likely N-dealkylation sites (tertiary alicyclic amines) is 2. The van der Waals surface area contributed by atoms with Gasteiger partial charge in [-0.15, -0.1) is 0 Å². The molecule has 8 heteroatoms. The summed E-state index contributed by atoms with van der Waals surface area (Å²) in [6.45, 7) is 2.83. The first-order chi connectivity index (χ1) is 13.9. The van der Waals surface area contributed by atoms with E-state index in [1.54, 1.807) is 0 Å². The summed E-state index contributed by atoms with van der Waals surface area (Å²) >= 11 is 0. The molecule has 6 nitrogen and oxygen atoms in total. The molecule has 0 aromatic carbocycles. The van der Waals surface area contributed by atoms with E-state index in [9.17, 15) is 18.4 Å². The third-order valence-electron chi connectivity index (χ3n) is 7.35. The van der Waals surface area contributed by atoms with Gasteiger partial charge in [0, 0.05) is 44.1 Å². The van der Waals surface area contributed by atoms with Gasteiger partial charge in [0.1, 0.15) is 11.6 Å². The van der Waals surface area contributed by atoms with Crippen molar-refractivity contribution in [3.63, 3.8) is 0 Å². The molecule has 29 heavy (non-hydrogen) atoms. The predicted octanol–water partition coefficient (Wildman–Crippen LogP) is 2.48. The average molecular weight is 404 g/mol. The molecule has 4 heterocycles. The molecule has 3 saturated heterocycles. The fourth-order valence-corrected chi connectivity index (χ4v) is 5.61. The highest BCUT2D eigenvalue weighted by Gasteiger charge is 2.53. The van der Waals surface area contributed by atoms with Crippen LogP contribution >= 0.6 is 0 Å². The monoisotopic (exact) mass is 404 g/mol. The standard InChI is InChI=1S/C21H26F2N4O2/c22-15-8-16(23)17(24-9-15)7-14-1-4-20(5-2-14)10-26(11-20)19(29)27-12-21(13-27)6-3-18(28)25-21/h8-9,14H,1-7,10-13H2,(H,25,28). The normalized spacial score (nSPS) is 25.1. The van der Waals surface area contributed by atoms with Crippen molar-refractivity contribution in [1.82, 2.24) is 20.1 Å². The summed E-state index contributed by atoms with van der Waals surface area (Å²) in [4.78, 5) is 31.8. The van der Waals surface area contributed by atoms with E-state index < -0.39 is 11.6 Å². The Morgan fingerprint density at radius 2 is 1.83 bits per heavy atom. The number of nitrogens with one attached hydrogen (secondary N) is 1. The molecule has 0 unspecified atom stereocenters. The quantitative estimate of drug-likeness (QED) is 0.824. The van der Waals surface area contributed by atoms with E-state index in [4.69, 9.17) is 0 Å². The van der Waals surface area contributed by atoms with E-state index in [2.05, 4.69) is 10.3 Å². The number of carbonyl (C=O) groups excluding carboxylic acids is 2. The van der Waals surface area contributed by atoms with E-state index in [1.165, 1.54) is 0 Å². The van der Waals surface area contributed by atoms with Crippen LogP contribution in [0.25, 0.3) is 0 Å². The molecule has 1 aromatic heterocycles. The Kier molecular flexibility index (Phi) is 4.29. The van der Waals surface area contributed by atoms with Crippen LogP contribution in [-0.2, 0) is 11.2 Å². The highest BCUT2D eigenvalue weighted by Crippen LogP contribution is 2.47. The zero-order chi connectivity index (χ0) is 20.2. The minimum absolute atomic E-state index is 0.0853. The van der Waals surface area contributed by atoms with Gasteiger partial charge in [-0.1, -0.05) is 0 Å². The number of aromatic nitrogens is 1. The van der Waals surface area contributed by atoms with Gasteiger partial charge in [-0.2, -0.15) is 0 Å². The average Bonchev–Trinajstić information content (AvgIpc) is 3.03. The Morgan fingerprint density at radius 3 is 2.45 bits per heavy atom. The molecule has 4 aliphatic rings. The second-order valence-corrected chi connectivity index (χ2v) is 9.55. The number of hydrogen-bond acceptors (Lipinski definition) is 3. The molecule has 156 valence electrons. The van der Waals surface area contributed by atoms with Crippen molar-refractivity contribution in [2.75, 3.05) is 26.2 Å². The lowest BCUT2D eigenvalue weighted by Crippen LogP contribution is -2.72. The fourth-order valence-electron chi connectivity index (χ4n) is 5.61. The number of urea groups is 1. The van der Waals surface area contributed by atoms with Gasteiger partial charge in [-0.05, 0) is 44.4 Å². The molecule has 1 N–H and O–H groups in total. The lowest BCUT2D eigenvalue weighted by molar-refractivity contribution is -0.120. The summed E-state index contributed by atoms with van der Waals surface area (Å²) in [5.41, 5.74) is 0.380. The van der Waals surface area contributed by atoms with Crippen LogP contribution in [-0.4, -0.2) is 58.4 Å². The summed E-state index contributed by atoms with van der Waals surface area (Å²) < 4.78 is 26.9. The van der Waals surface area contributed by atoms with E-state index in [0.29, 0.717) is 37.5 Å². The topological polar surface area (TPSA) is 65.5 Å². The van der Waals surface area contributed by atoms with Crippen LogP contribution in [0.2, 0.25) is 0 Å². The highest BCUT2D eigenvalue weighted by atomic mass is 19.1. The van der Waals surface area contributed by atoms with Gasteiger partial charge in [0.05, 0.1) is 17.4 Å². The van der Waals surface area contributed by atoms with Crippen molar-refractivity contribution in [2.24, 2.45) is 11.3 Å². The second-order valence-electron chi connectivity index (χ2n) is 9.55. The molecule has 4 fully saturated rings. The SMILES string of the molecule is O=C1CCC2(CN(C(=O)N3CC4(CCC(Cc5ncc(F)cc5F)CC4)C3)C2)N1. The maximum absolute atomic E-state index is 13.8. The lowest BCUT2D eigenvalue weighted by atomic mass is 9.65. The molecule has 0 bridgehead atoms. The summed E-state index contributed by atoms with van der Waals surface area (Å²) in [6.07, 6.45) is 7.05. The first-order valence-corrected chi connectivity index (χ1v) is 10.5. The van der Waals surface area contributed by atoms with E-state index >= 15 is 0 Å². The van der Waals surface area contributed by atoms with Crippen molar-refractivity contribution in [3.8, 4) is 0 Å². The molecule has 1 aromatic rings. The maximum atomic E-state index is 13.8. The first kappa shape index (κ1) is 18.8. The molecule has 3 amide bonds. The van der Waals surface area contributed by atoms with Gasteiger partial charge in [0.15, 0.2) is 0 Å². The number of nitrogens with zero attached hydrogens (tertiary/aromatic N) is 3. The van der Waals surface area contributed by atoms with Crippen molar-refractivity contribution in [1.29, 1.82) is 0 Å². The number of rotatable bonds is 2. The van der Waals surface area contributed by atoms with Crippen LogP contribution in [0, 0.1) is 23.0 Å². The van der Waals surface area contributed by atoms with E-state index in [0.717, 1.165) is 57.5 Å². The fraction of sp³-hybridized carbons (Fsp3) is 0.667. The van der Waals surface area contributed by atoms with Crippen LogP contribution in [0.15, 0.2) is 12.3 Å². The Hall–Kier alpha value is -2.25. The highest BCUT2D eigenvalue weighted by molar-refractivity contribution is 5.82. The summed E-state index contributed by atoms with van der Waals surface area (Å²) in [5.74, 6) is -0.750. The molecule has 0 atom stereocenters. The Balaban J connectivity index is 1.08. The van der Waals surface area contributed by atoms with Gasteiger partial charge >= 0.3 is 6.03 Å². The molecule has 1 aliphatic carbocycles. The van der Waals surface area contributed by atoms with Crippen molar-refractivity contribution in [2.45, 2.75) is 50.5 Å². The summed E-state index contributed by atoms with van der Waals surface area (Å²) in [5, 5.41) is 3.01. The van der Waals surface area contributed by atoms with Crippen LogP contribution < -0.4 is 5.32 Å². The summed E-state index contributed by atoms with van der Waals surface area (Å²) in [7, 11) is 0. The van der Waals surface area contributed by atoms with Gasteiger partial charge in [0.2, 0.25) is 5.91 Å². The maximum Gasteiger partial charge on any atom is 0.320 e. The van der Waals surface area contributed by atoms with Gasteiger partial charge in [0.25, 0.3) is 0 Å². The van der Waals surface area contributed by atoms with Crippen molar-refractivity contribution < 1.29 is 18.4 Å². The zero-order valence-electron chi connectivity index (χ0n) is 16.4. The Bertz CT molecular complexity index is 839. The predicted molar refractivity (Wildman–Crippen MR) is 101 cm³/mol. The third-order valence-corrected chi connectivity index (χ3v) is 7.35. The second kappa shape index (κ2) is 6.64. The number of halogens is 2. The van der Waals surface area contributed by atoms with E-state index in [1.807, 2.05) is 9.80 Å². The lowest BCUT2D eigenvalue weighted by Gasteiger charge is -2.57. The van der Waals surface area contributed by atoms with Crippen LogP contribution in [0.1, 0.15) is 44.2 Å².